The first-order chi connectivity index (χ1) is 16.2. The van der Waals surface area contributed by atoms with Crippen molar-refractivity contribution >= 4 is 11.8 Å². The van der Waals surface area contributed by atoms with Crippen molar-refractivity contribution in [1.82, 2.24) is 0 Å². The summed E-state index contributed by atoms with van der Waals surface area (Å²) in [6.07, 6.45) is 4.37. The number of halogens is 2. The lowest BCUT2D eigenvalue weighted by Crippen LogP contribution is -2.36. The van der Waals surface area contributed by atoms with E-state index >= 15 is 4.39 Å². The number of ketones is 1. The lowest BCUT2D eigenvalue weighted by atomic mass is 9.78. The van der Waals surface area contributed by atoms with Gasteiger partial charge < -0.3 is 9.47 Å². The zero-order valence-corrected chi connectivity index (χ0v) is 20.0. The van der Waals surface area contributed by atoms with Crippen LogP contribution in [0.15, 0.2) is 42.5 Å². The maximum absolute atomic E-state index is 15.3. The van der Waals surface area contributed by atoms with E-state index in [1.54, 1.807) is 43.5 Å². The van der Waals surface area contributed by atoms with Crippen molar-refractivity contribution in [2.24, 2.45) is 11.8 Å². The first-order valence-electron chi connectivity index (χ1n) is 12.1. The van der Waals surface area contributed by atoms with Crippen LogP contribution in [0.1, 0.15) is 75.3 Å². The van der Waals surface area contributed by atoms with Gasteiger partial charge in [0.2, 0.25) is 0 Å². The normalized spacial score (nSPS) is 23.0. The Balaban J connectivity index is 1.41. The molecule has 2 aliphatic carbocycles. The number of carbonyl (C=O) groups is 2. The van der Waals surface area contributed by atoms with Gasteiger partial charge in [0.25, 0.3) is 0 Å². The molecule has 0 N–H and O–H groups in total. The lowest BCUT2D eigenvalue weighted by molar-refractivity contribution is -0.140. The number of benzene rings is 2. The van der Waals surface area contributed by atoms with Gasteiger partial charge in [0.1, 0.15) is 17.3 Å². The summed E-state index contributed by atoms with van der Waals surface area (Å²) in [6.45, 7) is 2.63. The van der Waals surface area contributed by atoms with Gasteiger partial charge in [-0.3, -0.25) is 9.59 Å². The summed E-state index contributed by atoms with van der Waals surface area (Å²) in [7, 11) is 1.56. The van der Waals surface area contributed by atoms with E-state index in [1.165, 1.54) is 19.9 Å². The summed E-state index contributed by atoms with van der Waals surface area (Å²) in [5.74, 6) is -0.722. The molecule has 0 aromatic heterocycles. The second-order valence-electron chi connectivity index (χ2n) is 9.88. The molecule has 2 saturated carbocycles. The quantitative estimate of drug-likeness (QED) is 0.325. The highest BCUT2D eigenvalue weighted by molar-refractivity contribution is 5.85. The van der Waals surface area contributed by atoms with Crippen LogP contribution in [0.3, 0.4) is 0 Å². The molecule has 2 aliphatic rings. The van der Waals surface area contributed by atoms with E-state index in [9.17, 15) is 14.0 Å². The molecule has 2 fully saturated rings. The highest BCUT2D eigenvalue weighted by atomic mass is 19.1. The molecule has 2 aromatic rings. The molecule has 0 radical (unpaired) electrons. The molecule has 182 valence electrons. The van der Waals surface area contributed by atoms with Gasteiger partial charge in [-0.15, -0.1) is 0 Å². The minimum Gasteiger partial charge on any atom is -0.497 e. The van der Waals surface area contributed by atoms with Gasteiger partial charge in [-0.25, -0.2) is 8.78 Å². The van der Waals surface area contributed by atoms with E-state index in [2.05, 4.69) is 0 Å². The molecule has 0 amide bonds. The summed E-state index contributed by atoms with van der Waals surface area (Å²) in [5.41, 5.74) is -0.646. The highest BCUT2D eigenvalue weighted by Gasteiger charge is 2.48. The number of esters is 1. The van der Waals surface area contributed by atoms with Gasteiger partial charge in [-0.2, -0.15) is 0 Å². The SMILES string of the molecule is COc1ccc(F)c(C2CCC(C(=O)Oc3cccc([C@H](C4CC4)[C@@](C)(F)C(C)=O)c3)CC2)c1. The van der Waals surface area contributed by atoms with Crippen LogP contribution in [0.5, 0.6) is 11.5 Å². The van der Waals surface area contributed by atoms with E-state index in [1.807, 2.05) is 0 Å². The van der Waals surface area contributed by atoms with Crippen molar-refractivity contribution < 1.29 is 27.8 Å². The molecule has 34 heavy (non-hydrogen) atoms. The minimum atomic E-state index is -1.96. The van der Waals surface area contributed by atoms with Crippen LogP contribution in [-0.4, -0.2) is 24.5 Å². The van der Waals surface area contributed by atoms with E-state index in [-0.39, 0.29) is 29.5 Å². The topological polar surface area (TPSA) is 52.6 Å². The summed E-state index contributed by atoms with van der Waals surface area (Å²) in [4.78, 5) is 24.8. The first-order valence-corrected chi connectivity index (χ1v) is 12.1. The molecular weight excluding hydrogens is 438 g/mol. The molecule has 4 rings (SSSR count). The Kier molecular flexibility index (Phi) is 7.06. The second kappa shape index (κ2) is 9.85. The van der Waals surface area contributed by atoms with Crippen molar-refractivity contribution in [2.75, 3.05) is 7.11 Å². The summed E-state index contributed by atoms with van der Waals surface area (Å²) in [6, 6.07) is 11.7. The smallest absolute Gasteiger partial charge is 0.314 e. The van der Waals surface area contributed by atoms with E-state index in [0.717, 1.165) is 12.8 Å². The Morgan fingerprint density at radius 1 is 1.00 bits per heavy atom. The average Bonchev–Trinajstić information content (AvgIpc) is 3.64. The number of rotatable bonds is 8. The second-order valence-corrected chi connectivity index (χ2v) is 9.88. The Morgan fingerprint density at radius 3 is 2.32 bits per heavy atom. The predicted molar refractivity (Wildman–Crippen MR) is 125 cm³/mol. The first kappa shape index (κ1) is 24.4. The maximum Gasteiger partial charge on any atom is 0.314 e. The third-order valence-electron chi connectivity index (χ3n) is 7.51. The highest BCUT2D eigenvalue weighted by Crippen LogP contribution is 2.50. The molecule has 0 saturated heterocycles. The van der Waals surface area contributed by atoms with Crippen LogP contribution in [0.2, 0.25) is 0 Å². The van der Waals surface area contributed by atoms with Gasteiger partial charge in [-0.05, 0) is 106 Å². The number of carbonyl (C=O) groups excluding carboxylic acids is 2. The average molecular weight is 471 g/mol. The van der Waals surface area contributed by atoms with Crippen LogP contribution in [-0.2, 0) is 9.59 Å². The van der Waals surface area contributed by atoms with Gasteiger partial charge in [0, 0.05) is 5.92 Å². The third kappa shape index (κ3) is 5.16. The Hall–Kier alpha value is -2.76. The van der Waals surface area contributed by atoms with Crippen LogP contribution >= 0.6 is 0 Å². The molecular formula is C28H32F2O4. The zero-order chi connectivity index (χ0) is 24.5. The van der Waals surface area contributed by atoms with Crippen molar-refractivity contribution in [3.63, 3.8) is 0 Å². The zero-order valence-electron chi connectivity index (χ0n) is 20.0. The Labute approximate surface area is 199 Å². The number of hydrogen-bond acceptors (Lipinski definition) is 4. The Bertz CT molecular complexity index is 1050. The monoisotopic (exact) mass is 470 g/mol. The third-order valence-corrected chi connectivity index (χ3v) is 7.51. The molecule has 2 atom stereocenters. The van der Waals surface area contributed by atoms with Gasteiger partial charge >= 0.3 is 5.97 Å². The molecule has 6 heteroatoms. The van der Waals surface area contributed by atoms with Crippen LogP contribution in [0.25, 0.3) is 0 Å². The number of Topliss-reactive ketones (excluding diaryl/α,β-unsaturated/α-hetero) is 1. The van der Waals surface area contributed by atoms with E-state index < -0.39 is 17.4 Å². The molecule has 0 spiro atoms. The molecule has 0 heterocycles. The van der Waals surface area contributed by atoms with Crippen LogP contribution < -0.4 is 9.47 Å². The van der Waals surface area contributed by atoms with Crippen molar-refractivity contribution in [3.05, 3.63) is 59.4 Å². The number of ether oxygens (including phenoxy) is 2. The van der Waals surface area contributed by atoms with Gasteiger partial charge in [0.05, 0.1) is 13.0 Å². The van der Waals surface area contributed by atoms with Gasteiger partial charge in [-0.1, -0.05) is 12.1 Å². The molecule has 4 nitrogen and oxygen atoms in total. The molecule has 2 aromatic carbocycles. The number of methoxy groups -OCH3 is 1. The Morgan fingerprint density at radius 2 is 1.71 bits per heavy atom. The molecule has 0 unspecified atom stereocenters. The van der Waals surface area contributed by atoms with Crippen molar-refractivity contribution in [3.8, 4) is 11.5 Å². The van der Waals surface area contributed by atoms with Crippen molar-refractivity contribution in [1.29, 1.82) is 0 Å². The van der Waals surface area contributed by atoms with Crippen LogP contribution in [0.4, 0.5) is 8.78 Å². The predicted octanol–water partition coefficient (Wildman–Crippen LogP) is 6.52. The largest absolute Gasteiger partial charge is 0.497 e. The number of hydrogen-bond donors (Lipinski definition) is 0. The van der Waals surface area contributed by atoms with E-state index in [0.29, 0.717) is 48.3 Å². The molecule has 0 aliphatic heterocycles. The number of alkyl halides is 1. The summed E-state index contributed by atoms with van der Waals surface area (Å²) >= 11 is 0. The standard InChI is InChI=1S/C28H32F2O4/c1-17(31)28(2,30)26(19-9-10-19)21-5-4-6-23(15-21)34-27(32)20-11-7-18(8-12-20)24-16-22(33-3)13-14-25(24)29/h4-6,13-16,18-20,26H,7-12H2,1-3H3/t18?,20?,26-,28-/m0/s1. The fourth-order valence-corrected chi connectivity index (χ4v) is 5.25. The molecule has 0 bridgehead atoms. The fraction of sp³-hybridized carbons (Fsp3) is 0.500. The minimum absolute atomic E-state index is 0.0376. The van der Waals surface area contributed by atoms with Gasteiger partial charge in [0.15, 0.2) is 11.5 Å². The van der Waals surface area contributed by atoms with E-state index in [4.69, 9.17) is 9.47 Å². The summed E-state index contributed by atoms with van der Waals surface area (Å²) in [5, 5.41) is 0. The van der Waals surface area contributed by atoms with Crippen molar-refractivity contribution in [2.45, 2.75) is 69.9 Å². The lowest BCUT2D eigenvalue weighted by Gasteiger charge is -2.29. The van der Waals surface area contributed by atoms with Crippen LogP contribution in [0, 0.1) is 17.7 Å². The maximum atomic E-state index is 15.3. The fourth-order valence-electron chi connectivity index (χ4n) is 5.25. The summed E-state index contributed by atoms with van der Waals surface area (Å²) < 4.78 is 40.5.